The van der Waals surface area contributed by atoms with Gasteiger partial charge in [0.2, 0.25) is 10.0 Å². The number of halogens is 1. The van der Waals surface area contributed by atoms with Gasteiger partial charge in [-0.15, -0.1) is 0 Å². The normalized spacial score (nSPS) is 20.8. The van der Waals surface area contributed by atoms with E-state index in [1.54, 1.807) is 0 Å². The highest BCUT2D eigenvalue weighted by molar-refractivity contribution is 7.89. The number of carbonyl (C=O) groups is 1. The zero-order valence-electron chi connectivity index (χ0n) is 10.5. The summed E-state index contributed by atoms with van der Waals surface area (Å²) in [5.41, 5.74) is -0.148. The maximum atomic E-state index is 12.5. The van der Waals surface area contributed by atoms with E-state index in [-0.39, 0.29) is 28.6 Å². The monoisotopic (exact) mass is 319 g/mol. The number of aromatic carboxylic acids is 1. The van der Waals surface area contributed by atoms with Crippen molar-refractivity contribution in [2.24, 2.45) is 0 Å². The van der Waals surface area contributed by atoms with Crippen LogP contribution in [0.4, 0.5) is 0 Å². The molecule has 1 atom stereocenters. The summed E-state index contributed by atoms with van der Waals surface area (Å²) in [7, 11) is -3.90. The van der Waals surface area contributed by atoms with Crippen LogP contribution in [0.1, 0.15) is 23.2 Å². The second kappa shape index (κ2) is 5.69. The van der Waals surface area contributed by atoms with Crippen LogP contribution in [0.15, 0.2) is 23.1 Å². The van der Waals surface area contributed by atoms with Crippen molar-refractivity contribution in [1.82, 2.24) is 4.31 Å². The Bertz CT molecular complexity index is 631. The summed E-state index contributed by atoms with van der Waals surface area (Å²) in [5.74, 6) is -1.23. The van der Waals surface area contributed by atoms with Crippen LogP contribution in [0.3, 0.4) is 0 Å². The van der Waals surface area contributed by atoms with Crippen LogP contribution in [-0.4, -0.2) is 48.1 Å². The molecule has 0 saturated carbocycles. The Morgan fingerprint density at radius 2 is 2.10 bits per heavy atom. The number of benzene rings is 1. The highest BCUT2D eigenvalue weighted by Crippen LogP contribution is 2.27. The van der Waals surface area contributed by atoms with Gasteiger partial charge in [0, 0.05) is 13.1 Å². The lowest BCUT2D eigenvalue weighted by molar-refractivity contribution is 0.0696. The molecule has 0 spiro atoms. The van der Waals surface area contributed by atoms with Crippen LogP contribution in [-0.2, 0) is 10.0 Å². The number of hydrogen-bond acceptors (Lipinski definition) is 4. The molecule has 1 aliphatic heterocycles. The highest BCUT2D eigenvalue weighted by atomic mass is 35.5. The minimum atomic E-state index is -3.90. The molecule has 1 unspecified atom stereocenters. The second-order valence-electron chi connectivity index (χ2n) is 4.61. The molecule has 20 heavy (non-hydrogen) atoms. The lowest BCUT2D eigenvalue weighted by atomic mass is 10.1. The van der Waals surface area contributed by atoms with E-state index in [1.807, 2.05) is 0 Å². The smallest absolute Gasteiger partial charge is 0.335 e. The van der Waals surface area contributed by atoms with E-state index in [9.17, 15) is 18.3 Å². The molecule has 8 heteroatoms. The van der Waals surface area contributed by atoms with E-state index >= 15 is 0 Å². The van der Waals surface area contributed by atoms with Gasteiger partial charge < -0.3 is 10.2 Å². The van der Waals surface area contributed by atoms with Gasteiger partial charge in [0.15, 0.2) is 0 Å². The summed E-state index contributed by atoms with van der Waals surface area (Å²) in [4.78, 5) is 10.7. The Labute approximate surface area is 121 Å². The third-order valence-corrected chi connectivity index (χ3v) is 5.50. The van der Waals surface area contributed by atoms with E-state index in [1.165, 1.54) is 12.1 Å². The van der Waals surface area contributed by atoms with Crippen LogP contribution < -0.4 is 0 Å². The van der Waals surface area contributed by atoms with E-state index in [2.05, 4.69) is 0 Å². The number of sulfonamides is 1. The predicted octanol–water partition coefficient (Wildman–Crippen LogP) is 1.18. The first-order valence-electron chi connectivity index (χ1n) is 6.03. The zero-order chi connectivity index (χ0) is 14.9. The van der Waals surface area contributed by atoms with Crippen LogP contribution in [0.5, 0.6) is 0 Å². The second-order valence-corrected chi connectivity index (χ2v) is 6.92. The highest BCUT2D eigenvalue weighted by Gasteiger charge is 2.31. The summed E-state index contributed by atoms with van der Waals surface area (Å²) in [5, 5.41) is 18.5. The molecule has 1 fully saturated rings. The molecule has 1 aromatic rings. The summed E-state index contributed by atoms with van der Waals surface area (Å²) >= 11 is 5.88. The number of carboxylic acid groups (broad SMARTS) is 1. The summed E-state index contributed by atoms with van der Waals surface area (Å²) in [6.45, 7) is 0.281. The third kappa shape index (κ3) is 2.95. The molecule has 1 aromatic carbocycles. The Morgan fingerprint density at radius 1 is 1.40 bits per heavy atom. The molecule has 0 aromatic heterocycles. The summed E-state index contributed by atoms with van der Waals surface area (Å²) < 4.78 is 26.1. The molecule has 1 heterocycles. The average Bonchev–Trinajstić information content (AvgIpc) is 2.38. The van der Waals surface area contributed by atoms with E-state index in [0.717, 1.165) is 10.4 Å². The van der Waals surface area contributed by atoms with Gasteiger partial charge >= 0.3 is 5.97 Å². The maximum absolute atomic E-state index is 12.5. The molecule has 2 N–H and O–H groups in total. The zero-order valence-corrected chi connectivity index (χ0v) is 12.1. The Kier molecular flexibility index (Phi) is 4.33. The average molecular weight is 320 g/mol. The van der Waals surface area contributed by atoms with Gasteiger partial charge in [0.25, 0.3) is 0 Å². The van der Waals surface area contributed by atoms with E-state index in [0.29, 0.717) is 12.8 Å². The Morgan fingerprint density at radius 3 is 2.70 bits per heavy atom. The van der Waals surface area contributed by atoms with Crippen molar-refractivity contribution in [2.45, 2.75) is 23.8 Å². The molecular weight excluding hydrogens is 306 g/mol. The van der Waals surface area contributed by atoms with Crippen LogP contribution in [0.2, 0.25) is 5.02 Å². The molecule has 0 aliphatic carbocycles. The first-order chi connectivity index (χ1) is 9.32. The van der Waals surface area contributed by atoms with Crippen molar-refractivity contribution in [1.29, 1.82) is 0 Å². The lowest BCUT2D eigenvalue weighted by Gasteiger charge is -2.29. The number of carboxylic acids is 1. The minimum Gasteiger partial charge on any atom is -0.478 e. The standard InChI is InChI=1S/C12H14ClNO5S/c13-10-4-3-8(12(16)17)6-11(10)20(18,19)14-5-1-2-9(15)7-14/h3-4,6,9,15H,1-2,5,7H2,(H,16,17). The van der Waals surface area contributed by atoms with Crippen molar-refractivity contribution in [3.8, 4) is 0 Å². The molecule has 1 saturated heterocycles. The minimum absolute atomic E-state index is 0.00401. The van der Waals surface area contributed by atoms with Crippen molar-refractivity contribution < 1.29 is 23.4 Å². The van der Waals surface area contributed by atoms with Gasteiger partial charge in [0.1, 0.15) is 4.90 Å². The number of aliphatic hydroxyl groups excluding tert-OH is 1. The molecule has 0 bridgehead atoms. The van der Waals surface area contributed by atoms with Crippen LogP contribution in [0, 0.1) is 0 Å². The molecule has 0 radical (unpaired) electrons. The Hall–Kier alpha value is -1.15. The summed E-state index contributed by atoms with van der Waals surface area (Å²) in [6.07, 6.45) is 0.394. The molecule has 110 valence electrons. The van der Waals surface area contributed by atoms with Gasteiger partial charge in [-0.25, -0.2) is 13.2 Å². The number of piperidine rings is 1. The number of nitrogens with zero attached hydrogens (tertiary/aromatic N) is 1. The van der Waals surface area contributed by atoms with Gasteiger partial charge in [-0.3, -0.25) is 0 Å². The molecule has 0 amide bonds. The molecule has 2 rings (SSSR count). The largest absolute Gasteiger partial charge is 0.478 e. The summed E-state index contributed by atoms with van der Waals surface area (Å²) in [6, 6.07) is 3.54. The van der Waals surface area contributed by atoms with Crippen molar-refractivity contribution in [2.75, 3.05) is 13.1 Å². The number of β-amino-alcohol motifs (C(OH)–C–C–N with tert-alkyl or cyclic N) is 1. The Balaban J connectivity index is 2.43. The van der Waals surface area contributed by atoms with Crippen molar-refractivity contribution in [3.05, 3.63) is 28.8 Å². The van der Waals surface area contributed by atoms with Gasteiger partial charge in [-0.1, -0.05) is 11.6 Å². The first-order valence-corrected chi connectivity index (χ1v) is 7.85. The fourth-order valence-electron chi connectivity index (χ4n) is 2.11. The van der Waals surface area contributed by atoms with Crippen molar-refractivity contribution in [3.63, 3.8) is 0 Å². The van der Waals surface area contributed by atoms with Gasteiger partial charge in [-0.2, -0.15) is 4.31 Å². The molecule has 1 aliphatic rings. The fourth-order valence-corrected chi connectivity index (χ4v) is 4.13. The SMILES string of the molecule is O=C(O)c1ccc(Cl)c(S(=O)(=O)N2CCCC(O)C2)c1. The van der Waals surface area contributed by atoms with Gasteiger partial charge in [0.05, 0.1) is 16.7 Å². The molecule has 6 nitrogen and oxygen atoms in total. The predicted molar refractivity (Wildman–Crippen MR) is 72.4 cm³/mol. The van der Waals surface area contributed by atoms with Gasteiger partial charge in [-0.05, 0) is 31.0 Å². The number of aliphatic hydroxyl groups is 1. The van der Waals surface area contributed by atoms with E-state index < -0.39 is 22.1 Å². The van der Waals surface area contributed by atoms with Crippen LogP contribution >= 0.6 is 11.6 Å². The lowest BCUT2D eigenvalue weighted by Crippen LogP contribution is -2.42. The number of rotatable bonds is 3. The fraction of sp³-hybridized carbons (Fsp3) is 0.417. The quantitative estimate of drug-likeness (QED) is 0.872. The van der Waals surface area contributed by atoms with Crippen molar-refractivity contribution >= 4 is 27.6 Å². The number of hydrogen-bond donors (Lipinski definition) is 2. The maximum Gasteiger partial charge on any atom is 0.335 e. The topological polar surface area (TPSA) is 94.9 Å². The van der Waals surface area contributed by atoms with Crippen LogP contribution in [0.25, 0.3) is 0 Å². The third-order valence-electron chi connectivity index (χ3n) is 3.16. The molecular formula is C12H14ClNO5S. The first kappa shape index (κ1) is 15.2. The van der Waals surface area contributed by atoms with E-state index in [4.69, 9.17) is 16.7 Å².